The third-order valence-electron chi connectivity index (χ3n) is 4.96. The van der Waals surface area contributed by atoms with E-state index in [1.807, 2.05) is 30.3 Å². The van der Waals surface area contributed by atoms with E-state index in [-0.39, 0.29) is 31.4 Å². The molecule has 0 bridgehead atoms. The highest BCUT2D eigenvalue weighted by atomic mass is 19.4. The number of nitrogens with zero attached hydrogens (tertiary/aromatic N) is 3. The van der Waals surface area contributed by atoms with Gasteiger partial charge < -0.3 is 15.4 Å². The van der Waals surface area contributed by atoms with Crippen LogP contribution in [-0.2, 0) is 23.9 Å². The number of nitrogens with one attached hydrogen (secondary N) is 1. The lowest BCUT2D eigenvalue weighted by atomic mass is 9.76. The molecule has 33 heavy (non-hydrogen) atoms. The van der Waals surface area contributed by atoms with E-state index in [4.69, 9.17) is 0 Å². The molecule has 0 fully saturated rings. The number of benzene rings is 2. The second kappa shape index (κ2) is 10.6. The molecule has 174 valence electrons. The van der Waals surface area contributed by atoms with Gasteiger partial charge >= 0.3 is 13.3 Å². The Morgan fingerprint density at radius 3 is 2.55 bits per heavy atom. The minimum atomic E-state index is -4.84. The van der Waals surface area contributed by atoms with Gasteiger partial charge in [-0.1, -0.05) is 41.6 Å². The maximum Gasteiger partial charge on any atom is 0.475 e. The van der Waals surface area contributed by atoms with Gasteiger partial charge in [-0.25, -0.2) is 4.39 Å². The van der Waals surface area contributed by atoms with Gasteiger partial charge in [-0.05, 0) is 30.5 Å². The zero-order valence-corrected chi connectivity index (χ0v) is 17.3. The summed E-state index contributed by atoms with van der Waals surface area (Å²) < 4.78 is 53.5. The Balaban J connectivity index is 1.54. The van der Waals surface area contributed by atoms with Gasteiger partial charge in [0.1, 0.15) is 11.5 Å². The Bertz CT molecular complexity index is 1080. The molecule has 1 aromatic heterocycles. The normalized spacial score (nSPS) is 12.4. The second-order valence-corrected chi connectivity index (χ2v) is 7.42. The lowest BCUT2D eigenvalue weighted by molar-refractivity contribution is -0.140. The van der Waals surface area contributed by atoms with Crippen molar-refractivity contribution in [2.45, 2.75) is 37.9 Å². The number of carbonyl (C=O) groups excluding carboxylic acids is 1. The van der Waals surface area contributed by atoms with Crippen LogP contribution < -0.4 is 5.32 Å². The summed E-state index contributed by atoms with van der Waals surface area (Å²) in [5.74, 6) is -3.01. The highest BCUT2D eigenvalue weighted by Gasteiger charge is 2.34. The summed E-state index contributed by atoms with van der Waals surface area (Å²) in [4.78, 5) is 12.3. The minimum absolute atomic E-state index is 0.0322. The van der Waals surface area contributed by atoms with E-state index >= 15 is 0 Å². The Morgan fingerprint density at radius 2 is 1.88 bits per heavy atom. The lowest BCUT2D eigenvalue weighted by Crippen LogP contribution is -2.46. The molecule has 0 saturated carbocycles. The number of hydrogen-bond donors (Lipinski definition) is 3. The molecule has 0 spiro atoms. The number of carbonyl (C=O) groups is 1. The monoisotopic (exact) mass is 464 g/mol. The van der Waals surface area contributed by atoms with E-state index in [9.17, 15) is 32.4 Å². The van der Waals surface area contributed by atoms with Crippen LogP contribution in [0.15, 0.2) is 54.7 Å². The third kappa shape index (κ3) is 6.87. The fourth-order valence-electron chi connectivity index (χ4n) is 3.21. The van der Waals surface area contributed by atoms with Gasteiger partial charge in [0.2, 0.25) is 5.91 Å². The summed E-state index contributed by atoms with van der Waals surface area (Å²) >= 11 is 0. The first-order valence-electron chi connectivity index (χ1n) is 10.1. The molecule has 0 saturated heterocycles. The van der Waals surface area contributed by atoms with Crippen LogP contribution in [0.3, 0.4) is 0 Å². The molecule has 0 aliphatic carbocycles. The number of hydrogen-bond acceptors (Lipinski definition) is 5. The van der Waals surface area contributed by atoms with E-state index in [0.717, 1.165) is 5.56 Å². The van der Waals surface area contributed by atoms with Crippen LogP contribution in [0, 0.1) is 5.82 Å². The highest BCUT2D eigenvalue weighted by molar-refractivity contribution is 6.43. The quantitative estimate of drug-likeness (QED) is 0.334. The van der Waals surface area contributed by atoms with Gasteiger partial charge in [0, 0.05) is 12.0 Å². The Morgan fingerprint density at radius 1 is 1.15 bits per heavy atom. The summed E-state index contributed by atoms with van der Waals surface area (Å²) in [5.41, 5.74) is 0.260. The molecular formula is C21H21BF4N4O3. The lowest BCUT2D eigenvalue weighted by Gasteiger charge is -2.18. The predicted octanol–water partition coefficient (Wildman–Crippen LogP) is 2.62. The van der Waals surface area contributed by atoms with Crippen molar-refractivity contribution in [2.75, 3.05) is 0 Å². The first-order valence-corrected chi connectivity index (χ1v) is 10.1. The topological polar surface area (TPSA) is 100 Å². The van der Waals surface area contributed by atoms with Crippen LogP contribution in [0.25, 0.3) is 11.3 Å². The Hall–Kier alpha value is -3.25. The van der Waals surface area contributed by atoms with Gasteiger partial charge in [0.25, 0.3) is 0 Å². The SMILES string of the molecule is O=C(CCn1cc(-c2ccccc2)nn1)N[C@@H](CCc1ccc(F)c(C(F)(F)F)c1)B(O)O. The fourth-order valence-corrected chi connectivity index (χ4v) is 3.21. The number of amides is 1. The molecule has 2 aromatic carbocycles. The molecule has 3 aromatic rings. The van der Waals surface area contributed by atoms with E-state index < -0.39 is 36.5 Å². The van der Waals surface area contributed by atoms with Crippen LogP contribution in [-0.4, -0.2) is 44.0 Å². The van der Waals surface area contributed by atoms with Crippen LogP contribution in [0.5, 0.6) is 0 Å². The highest BCUT2D eigenvalue weighted by Crippen LogP contribution is 2.32. The predicted molar refractivity (Wildman–Crippen MR) is 112 cm³/mol. The largest absolute Gasteiger partial charge is 0.475 e. The molecular weight excluding hydrogens is 443 g/mol. The minimum Gasteiger partial charge on any atom is -0.426 e. The third-order valence-corrected chi connectivity index (χ3v) is 4.96. The number of rotatable bonds is 9. The summed E-state index contributed by atoms with van der Waals surface area (Å²) in [7, 11) is -1.92. The Labute approximate surface area is 187 Å². The number of aromatic nitrogens is 3. The molecule has 12 heteroatoms. The van der Waals surface area contributed by atoms with Crippen LogP contribution in [0.2, 0.25) is 0 Å². The van der Waals surface area contributed by atoms with Crippen molar-refractivity contribution >= 4 is 13.0 Å². The molecule has 1 heterocycles. The molecule has 0 aliphatic heterocycles. The average molecular weight is 464 g/mol. The zero-order valence-electron chi connectivity index (χ0n) is 17.3. The van der Waals surface area contributed by atoms with Gasteiger partial charge in [0.15, 0.2) is 0 Å². The van der Waals surface area contributed by atoms with Crippen molar-refractivity contribution in [2.24, 2.45) is 0 Å². The van der Waals surface area contributed by atoms with Crippen LogP contribution in [0.4, 0.5) is 17.6 Å². The van der Waals surface area contributed by atoms with E-state index in [1.54, 1.807) is 6.20 Å². The molecule has 0 aliphatic rings. The van der Waals surface area contributed by atoms with Crippen molar-refractivity contribution < 1.29 is 32.4 Å². The summed E-state index contributed by atoms with van der Waals surface area (Å²) in [6.45, 7) is 0.187. The summed E-state index contributed by atoms with van der Waals surface area (Å²) in [5, 5.41) is 29.6. The van der Waals surface area contributed by atoms with Crippen molar-refractivity contribution in [3.05, 3.63) is 71.7 Å². The van der Waals surface area contributed by atoms with Gasteiger partial charge in [-0.2, -0.15) is 13.2 Å². The maximum absolute atomic E-state index is 13.4. The standard InChI is InChI=1S/C21H21BF4N4O3/c23-17-8-6-14(12-16(17)21(24,25)26)7-9-19(22(32)33)27-20(31)10-11-30-13-18(28-29-30)15-4-2-1-3-5-15/h1-6,8,12-13,19,32-33H,7,9-11H2,(H,27,31)/t19-/m0/s1. The van der Waals surface area contributed by atoms with E-state index in [2.05, 4.69) is 15.6 Å². The first kappa shape index (κ1) is 24.4. The van der Waals surface area contributed by atoms with Crippen molar-refractivity contribution in [1.29, 1.82) is 0 Å². The maximum atomic E-state index is 13.4. The molecule has 3 rings (SSSR count). The van der Waals surface area contributed by atoms with Crippen molar-refractivity contribution in [3.63, 3.8) is 0 Å². The number of alkyl halides is 3. The van der Waals surface area contributed by atoms with E-state index in [0.29, 0.717) is 17.8 Å². The molecule has 3 N–H and O–H groups in total. The van der Waals surface area contributed by atoms with Crippen molar-refractivity contribution in [3.8, 4) is 11.3 Å². The molecule has 0 radical (unpaired) electrons. The fraction of sp³-hybridized carbons (Fsp3) is 0.286. The van der Waals surface area contributed by atoms with Gasteiger partial charge in [0.05, 0.1) is 24.2 Å². The molecule has 1 amide bonds. The summed E-state index contributed by atoms with van der Waals surface area (Å²) in [6, 6.07) is 11.9. The smallest absolute Gasteiger partial charge is 0.426 e. The number of halogens is 4. The molecule has 7 nitrogen and oxygen atoms in total. The first-order chi connectivity index (χ1) is 15.6. The zero-order chi connectivity index (χ0) is 24.0. The van der Waals surface area contributed by atoms with Crippen LogP contribution in [0.1, 0.15) is 24.0 Å². The second-order valence-electron chi connectivity index (χ2n) is 7.42. The average Bonchev–Trinajstić information content (AvgIpc) is 3.25. The molecule has 0 unspecified atom stereocenters. The van der Waals surface area contributed by atoms with Gasteiger partial charge in [-0.15, -0.1) is 5.10 Å². The van der Waals surface area contributed by atoms with E-state index in [1.165, 1.54) is 10.7 Å². The van der Waals surface area contributed by atoms with Crippen LogP contribution >= 0.6 is 0 Å². The number of aryl methyl sites for hydroxylation is 2. The van der Waals surface area contributed by atoms with Crippen molar-refractivity contribution in [1.82, 2.24) is 20.3 Å². The Kier molecular flexibility index (Phi) is 7.82. The summed E-state index contributed by atoms with van der Waals surface area (Å²) in [6.07, 6.45) is -3.29. The van der Waals surface area contributed by atoms with Gasteiger partial charge in [-0.3, -0.25) is 9.48 Å². The molecule has 1 atom stereocenters.